The van der Waals surface area contributed by atoms with Crippen molar-refractivity contribution in [2.24, 2.45) is 28.2 Å². The molecule has 0 aliphatic rings. The molecule has 8 nitrogen and oxygen atoms in total. The summed E-state index contributed by atoms with van der Waals surface area (Å²) >= 11 is 0. The molecule has 12 rings (SSSR count). The lowest BCUT2D eigenvalue weighted by molar-refractivity contribution is -0.660. The summed E-state index contributed by atoms with van der Waals surface area (Å²) in [5.41, 5.74) is 33.9. The zero-order valence-electron chi connectivity index (χ0n) is 54.4. The van der Waals surface area contributed by atoms with Crippen LogP contribution in [-0.2, 0) is 28.2 Å². The molecule has 0 unspecified atom stereocenters. The maximum Gasteiger partial charge on any atom is 0.215 e. The second-order valence-electron chi connectivity index (χ2n) is 23.2. The lowest BCUT2D eigenvalue weighted by Crippen LogP contribution is -2.31. The Labute approximate surface area is 523 Å². The molecule has 0 aliphatic heterocycles. The first-order valence-corrected chi connectivity index (χ1v) is 30.2. The number of aryl methyl sites for hydroxylation is 16. The molecule has 0 saturated carbocycles. The van der Waals surface area contributed by atoms with Crippen molar-refractivity contribution in [3.8, 4) is 89.7 Å². The van der Waals surface area contributed by atoms with Crippen LogP contribution in [0.5, 0.6) is 0 Å². The first-order chi connectivity index (χ1) is 42.3. The predicted molar refractivity (Wildman–Crippen MR) is 362 cm³/mol. The van der Waals surface area contributed by atoms with Gasteiger partial charge < -0.3 is 0 Å². The Bertz CT molecular complexity index is 4380. The van der Waals surface area contributed by atoms with E-state index in [1.165, 1.54) is 128 Å². The van der Waals surface area contributed by atoms with Crippen molar-refractivity contribution >= 4 is 0 Å². The molecule has 0 fully saturated rings. The first kappa shape index (κ1) is 62.6. The molecular formula is C80H84N8+4. The van der Waals surface area contributed by atoms with Crippen LogP contribution in [-0.4, -0.2) is 19.9 Å². The molecule has 0 N–H and O–H groups in total. The van der Waals surface area contributed by atoms with E-state index in [9.17, 15) is 0 Å². The Morgan fingerprint density at radius 1 is 0.261 bits per heavy atom. The third kappa shape index (κ3) is 14.2. The second-order valence-corrected chi connectivity index (χ2v) is 23.2. The maximum atomic E-state index is 4.87. The Morgan fingerprint density at radius 2 is 0.705 bits per heavy atom. The van der Waals surface area contributed by atoms with Crippen molar-refractivity contribution < 1.29 is 18.3 Å². The summed E-state index contributed by atoms with van der Waals surface area (Å²) < 4.78 is 8.70. The van der Waals surface area contributed by atoms with Crippen LogP contribution in [0.3, 0.4) is 0 Å². The fourth-order valence-electron chi connectivity index (χ4n) is 12.0. The van der Waals surface area contributed by atoms with E-state index in [1.807, 2.05) is 24.7 Å². The highest BCUT2D eigenvalue weighted by molar-refractivity contribution is 5.76. The summed E-state index contributed by atoms with van der Waals surface area (Å²) in [7, 11) is 8.36. The fourth-order valence-corrected chi connectivity index (χ4v) is 12.0. The summed E-state index contributed by atoms with van der Waals surface area (Å²) in [6.45, 7) is 25.5. The van der Waals surface area contributed by atoms with Crippen LogP contribution in [0.15, 0.2) is 219 Å². The number of nitrogens with zero attached hydrogens (tertiary/aromatic N) is 8. The minimum Gasteiger partial charge on any atom is -0.261 e. The number of pyridine rings is 8. The highest BCUT2D eigenvalue weighted by atomic mass is 14.9. The van der Waals surface area contributed by atoms with Gasteiger partial charge in [-0.05, 0) is 186 Å². The predicted octanol–water partition coefficient (Wildman–Crippen LogP) is 16.7. The van der Waals surface area contributed by atoms with Gasteiger partial charge in [0, 0.05) is 71.7 Å². The van der Waals surface area contributed by atoms with E-state index in [-0.39, 0.29) is 0 Å². The van der Waals surface area contributed by atoms with Gasteiger partial charge in [-0.3, -0.25) is 19.9 Å². The van der Waals surface area contributed by atoms with Crippen molar-refractivity contribution in [1.29, 1.82) is 0 Å². The number of rotatable bonds is 8. The number of hydrogen-bond donors (Lipinski definition) is 0. The molecule has 0 saturated heterocycles. The highest BCUT2D eigenvalue weighted by Gasteiger charge is 2.22. The van der Waals surface area contributed by atoms with E-state index >= 15 is 0 Å². The minimum absolute atomic E-state index is 1.05. The Kier molecular flexibility index (Phi) is 20.0. The Balaban J connectivity index is 0.000000140. The van der Waals surface area contributed by atoms with E-state index in [1.54, 1.807) is 0 Å². The minimum atomic E-state index is 1.05. The highest BCUT2D eigenvalue weighted by Crippen LogP contribution is 2.33. The molecule has 8 heteroatoms. The van der Waals surface area contributed by atoms with Gasteiger partial charge >= 0.3 is 0 Å². The van der Waals surface area contributed by atoms with Crippen molar-refractivity contribution in [2.75, 3.05) is 0 Å². The van der Waals surface area contributed by atoms with E-state index in [0.717, 1.165) is 28.5 Å². The van der Waals surface area contributed by atoms with Gasteiger partial charge in [0.05, 0.1) is 50.7 Å². The average molecular weight is 1160 g/mol. The van der Waals surface area contributed by atoms with Crippen molar-refractivity contribution in [2.45, 2.75) is 83.1 Å². The van der Waals surface area contributed by atoms with Crippen LogP contribution in [0.25, 0.3) is 89.7 Å². The zero-order chi connectivity index (χ0) is 62.8. The summed E-state index contributed by atoms with van der Waals surface area (Å²) in [4.78, 5) is 18.2. The molecule has 0 spiro atoms. The number of aromatic nitrogens is 8. The van der Waals surface area contributed by atoms with Crippen LogP contribution in [0, 0.1) is 83.1 Å². The molecule has 0 bridgehead atoms. The number of hydrogen-bond acceptors (Lipinski definition) is 4. The van der Waals surface area contributed by atoms with Crippen molar-refractivity contribution in [1.82, 2.24) is 19.9 Å². The molecular weight excluding hydrogens is 1070 g/mol. The van der Waals surface area contributed by atoms with E-state index in [4.69, 9.17) is 4.98 Å². The third-order valence-corrected chi connectivity index (χ3v) is 16.7. The summed E-state index contributed by atoms with van der Waals surface area (Å²) in [5.74, 6) is 0. The molecule has 4 aromatic carbocycles. The van der Waals surface area contributed by atoms with E-state index < -0.39 is 0 Å². The molecule has 88 heavy (non-hydrogen) atoms. The molecule has 8 heterocycles. The normalized spacial score (nSPS) is 10.7. The van der Waals surface area contributed by atoms with E-state index in [2.05, 4.69) is 339 Å². The van der Waals surface area contributed by atoms with Gasteiger partial charge in [-0.15, -0.1) is 0 Å². The van der Waals surface area contributed by atoms with Crippen LogP contribution in [0.2, 0.25) is 0 Å². The third-order valence-electron chi connectivity index (χ3n) is 16.7. The molecule has 0 radical (unpaired) electrons. The lowest BCUT2D eigenvalue weighted by atomic mass is 9.97. The van der Waals surface area contributed by atoms with Crippen LogP contribution in [0.1, 0.15) is 67.3 Å². The molecule has 440 valence electrons. The van der Waals surface area contributed by atoms with E-state index in [0.29, 0.717) is 0 Å². The largest absolute Gasteiger partial charge is 0.261 e. The molecule has 12 aromatic rings. The quantitative estimate of drug-likeness (QED) is 0.142. The van der Waals surface area contributed by atoms with Gasteiger partial charge in [0.25, 0.3) is 0 Å². The van der Waals surface area contributed by atoms with Crippen LogP contribution >= 0.6 is 0 Å². The van der Waals surface area contributed by atoms with Gasteiger partial charge in [0.15, 0.2) is 24.8 Å². The molecule has 0 amide bonds. The average Bonchev–Trinajstić information content (AvgIpc) is 2.08. The lowest BCUT2D eigenvalue weighted by Gasteiger charge is -2.12. The smallest absolute Gasteiger partial charge is 0.215 e. The monoisotopic (exact) mass is 1160 g/mol. The SMILES string of the molecule is Cc1c[n+](C)c(-c2c(C)ccnc2C)cc1-c1ccccc1.Cc1ccccc1-c1cc(C)c(-c2cccc[n+]2C)c(C)n1.Cc1ccccc1-c1cc[n+](C)c(-c2c(C)ccnc2C)c1.Cc1ccccc1-c1ccc(-c2c(C)ccnc2C)[n+](C)c1. The summed E-state index contributed by atoms with van der Waals surface area (Å²) in [5, 5.41) is 0. The standard InChI is InChI=1S/4C20H21N2/c1-14-9-5-6-10-17(14)18-13-15(2)20(16(3)21-18)19-11-7-8-12-22(19)4;1-14-7-5-6-8-18(14)17-10-12-22(4)19(13-17)20-15(2)9-11-21-16(20)3;1-14-7-5-6-8-18(14)17-9-10-19(22(4)13-17)20-15(2)11-12-21-16(20)3;1-14-10-11-21-16(3)20(14)19-12-18(15(2)13-22(19)4)17-8-6-5-7-9-17/h4*5-13H,1-4H3/q4*+1. The number of benzene rings is 4. The fraction of sp³-hybridized carbons (Fsp3) is 0.200. The van der Waals surface area contributed by atoms with Crippen molar-refractivity contribution in [3.63, 3.8) is 0 Å². The van der Waals surface area contributed by atoms with Gasteiger partial charge in [-0.25, -0.2) is 18.3 Å². The van der Waals surface area contributed by atoms with Gasteiger partial charge in [0.1, 0.15) is 28.2 Å². The van der Waals surface area contributed by atoms with Crippen molar-refractivity contribution in [3.05, 3.63) is 287 Å². The molecule has 0 aliphatic carbocycles. The van der Waals surface area contributed by atoms with Gasteiger partial charge in [-0.2, -0.15) is 0 Å². The molecule has 0 atom stereocenters. The van der Waals surface area contributed by atoms with Crippen LogP contribution in [0.4, 0.5) is 0 Å². The topological polar surface area (TPSA) is 67.1 Å². The Hall–Kier alpha value is -9.92. The molecule has 8 aromatic heterocycles. The summed E-state index contributed by atoms with van der Waals surface area (Å²) in [6.07, 6.45) is 14.2. The van der Waals surface area contributed by atoms with Crippen LogP contribution < -0.4 is 18.3 Å². The maximum absolute atomic E-state index is 4.87. The van der Waals surface area contributed by atoms with Gasteiger partial charge in [-0.1, -0.05) is 103 Å². The van der Waals surface area contributed by atoms with Gasteiger partial charge in [0.2, 0.25) is 22.8 Å². The second kappa shape index (κ2) is 28.1. The Morgan fingerprint density at radius 3 is 1.22 bits per heavy atom. The first-order valence-electron chi connectivity index (χ1n) is 30.2. The summed E-state index contributed by atoms with van der Waals surface area (Å²) in [6, 6.07) is 61.7. The zero-order valence-corrected chi connectivity index (χ0v) is 54.4.